The number of carbonyl (C=O) groups is 1. The number of ether oxygens (including phenoxy) is 1. The highest BCUT2D eigenvalue weighted by atomic mass is 32.1. The van der Waals surface area contributed by atoms with Gasteiger partial charge in [0.1, 0.15) is 9.88 Å². The van der Waals surface area contributed by atoms with Crippen LogP contribution in [0.5, 0.6) is 0 Å². The largest absolute Gasteiger partial charge is 0.383 e. The molecule has 1 amide bonds. The molecule has 0 unspecified atom stereocenters. The van der Waals surface area contributed by atoms with E-state index in [1.165, 1.54) is 11.3 Å². The van der Waals surface area contributed by atoms with Gasteiger partial charge in [0.2, 0.25) is 0 Å². The maximum absolute atomic E-state index is 12.9. The third kappa shape index (κ3) is 2.93. The number of hydrogen-bond acceptors (Lipinski definition) is 7. The zero-order valence-electron chi connectivity index (χ0n) is 14.8. The van der Waals surface area contributed by atoms with Crippen LogP contribution in [0.2, 0.25) is 0 Å². The Labute approximate surface area is 161 Å². The van der Waals surface area contributed by atoms with E-state index in [1.807, 2.05) is 23.1 Å². The number of methoxy groups -OCH3 is 1. The van der Waals surface area contributed by atoms with Crippen LogP contribution in [0.3, 0.4) is 0 Å². The molecule has 4 rings (SSSR count). The number of aromatic nitrogens is 1. The van der Waals surface area contributed by atoms with Crippen molar-refractivity contribution in [3.63, 3.8) is 0 Å². The molecule has 1 aromatic carbocycles. The first-order valence-electron chi connectivity index (χ1n) is 8.61. The molecule has 136 valence electrons. The van der Waals surface area contributed by atoms with Gasteiger partial charge in [-0.05, 0) is 12.5 Å². The second kappa shape index (κ2) is 6.99. The van der Waals surface area contributed by atoms with Gasteiger partial charge in [-0.1, -0.05) is 18.2 Å². The van der Waals surface area contributed by atoms with Gasteiger partial charge in [-0.15, -0.1) is 11.3 Å². The number of fused-ring (bicyclic) bond motifs is 1. The molecule has 7 nitrogen and oxygen atoms in total. The minimum atomic E-state index is -0.0378. The fourth-order valence-corrected chi connectivity index (χ4v) is 4.83. The minimum absolute atomic E-state index is 0.00228. The Bertz CT molecular complexity index is 973. The van der Waals surface area contributed by atoms with Crippen molar-refractivity contribution >= 4 is 17.2 Å². The Hall–Kier alpha value is -2.94. The van der Waals surface area contributed by atoms with E-state index < -0.39 is 0 Å². The zero-order valence-corrected chi connectivity index (χ0v) is 15.6. The Morgan fingerprint density at radius 3 is 2.89 bits per heavy atom. The summed E-state index contributed by atoms with van der Waals surface area (Å²) in [6, 6.07) is 9.44. The molecular weight excluding hydrogens is 362 g/mol. The molecule has 2 atom stereocenters. The van der Waals surface area contributed by atoms with Crippen molar-refractivity contribution in [3.8, 4) is 22.8 Å². The number of thiazole rings is 1. The third-order valence-corrected chi connectivity index (χ3v) is 6.19. The molecule has 27 heavy (non-hydrogen) atoms. The maximum atomic E-state index is 12.9. The van der Waals surface area contributed by atoms with Gasteiger partial charge in [-0.3, -0.25) is 4.79 Å². The SMILES string of the molecule is COC[C@@H]1C[C@@H](N2Cc3nc(-c4ccccc4C#N)sc3C2=O)CN1C#N. The van der Waals surface area contributed by atoms with E-state index in [0.29, 0.717) is 41.6 Å². The molecule has 2 aromatic rings. The van der Waals surface area contributed by atoms with Crippen LogP contribution in [0, 0.1) is 22.8 Å². The minimum Gasteiger partial charge on any atom is -0.383 e. The summed E-state index contributed by atoms with van der Waals surface area (Å²) >= 11 is 1.34. The number of benzene rings is 1. The molecule has 8 heteroatoms. The van der Waals surface area contributed by atoms with Gasteiger partial charge in [0.05, 0.1) is 42.6 Å². The number of amides is 1. The molecular formula is C19H17N5O2S. The summed E-state index contributed by atoms with van der Waals surface area (Å²) in [5.74, 6) is -0.0378. The number of hydrogen-bond donors (Lipinski definition) is 0. The standard InChI is InChI=1S/C19H17N5O2S/c1-26-10-14-6-13(8-23(14)11-21)24-9-16-17(19(24)25)27-18(22-16)15-5-3-2-4-12(15)7-20/h2-5,13-14H,6,8-10H2,1H3/t13-,14+/m1/s1. The van der Waals surface area contributed by atoms with E-state index >= 15 is 0 Å². The molecule has 2 aliphatic heterocycles. The van der Waals surface area contributed by atoms with Crippen LogP contribution in [-0.4, -0.2) is 53.0 Å². The second-order valence-corrected chi connectivity index (χ2v) is 7.64. The molecule has 0 spiro atoms. The fourth-order valence-electron chi connectivity index (χ4n) is 3.76. The average molecular weight is 379 g/mol. The Balaban J connectivity index is 1.56. The van der Waals surface area contributed by atoms with E-state index in [9.17, 15) is 15.3 Å². The zero-order chi connectivity index (χ0) is 19.0. The normalized spacial score (nSPS) is 21.2. The first kappa shape index (κ1) is 17.5. The predicted octanol–water partition coefficient (Wildman–Crippen LogP) is 2.21. The van der Waals surface area contributed by atoms with Crippen molar-refractivity contribution in [3.05, 3.63) is 40.4 Å². The van der Waals surface area contributed by atoms with Crippen LogP contribution >= 0.6 is 11.3 Å². The molecule has 1 aromatic heterocycles. The van der Waals surface area contributed by atoms with Gasteiger partial charge >= 0.3 is 0 Å². The molecule has 1 fully saturated rings. The summed E-state index contributed by atoms with van der Waals surface area (Å²) in [5, 5.41) is 19.3. The fraction of sp³-hybridized carbons (Fsp3) is 0.368. The first-order valence-corrected chi connectivity index (χ1v) is 9.43. The first-order chi connectivity index (χ1) is 13.2. The smallest absolute Gasteiger partial charge is 0.266 e. The lowest BCUT2D eigenvalue weighted by Gasteiger charge is -2.22. The van der Waals surface area contributed by atoms with Gasteiger partial charge in [0.15, 0.2) is 6.19 Å². The van der Waals surface area contributed by atoms with Gasteiger partial charge in [-0.2, -0.15) is 10.5 Å². The van der Waals surface area contributed by atoms with E-state index in [2.05, 4.69) is 17.2 Å². The van der Waals surface area contributed by atoms with E-state index in [0.717, 1.165) is 11.3 Å². The highest BCUT2D eigenvalue weighted by Crippen LogP contribution is 2.37. The number of rotatable bonds is 4. The number of carbonyl (C=O) groups excluding carboxylic acids is 1. The Morgan fingerprint density at radius 1 is 1.37 bits per heavy atom. The van der Waals surface area contributed by atoms with Crippen LogP contribution in [0.4, 0.5) is 0 Å². The topological polar surface area (TPSA) is 93.2 Å². The Morgan fingerprint density at radius 2 is 2.19 bits per heavy atom. The lowest BCUT2D eigenvalue weighted by molar-refractivity contribution is 0.0712. The molecule has 3 heterocycles. The van der Waals surface area contributed by atoms with E-state index in [1.54, 1.807) is 18.1 Å². The van der Waals surface area contributed by atoms with Crippen LogP contribution in [-0.2, 0) is 11.3 Å². The van der Waals surface area contributed by atoms with Gasteiger partial charge in [0.25, 0.3) is 5.91 Å². The predicted molar refractivity (Wildman–Crippen MR) is 98.5 cm³/mol. The number of nitrogens with zero attached hydrogens (tertiary/aromatic N) is 5. The van der Waals surface area contributed by atoms with Gasteiger partial charge < -0.3 is 14.5 Å². The summed E-state index contributed by atoms with van der Waals surface area (Å²) in [6.45, 7) is 1.44. The van der Waals surface area contributed by atoms with E-state index in [4.69, 9.17) is 4.74 Å². The van der Waals surface area contributed by atoms with E-state index in [-0.39, 0.29) is 18.0 Å². The van der Waals surface area contributed by atoms with Gasteiger partial charge in [-0.25, -0.2) is 4.98 Å². The van der Waals surface area contributed by atoms with Crippen molar-refractivity contribution in [1.82, 2.24) is 14.8 Å². The lowest BCUT2D eigenvalue weighted by Crippen LogP contribution is -2.37. The lowest BCUT2D eigenvalue weighted by atomic mass is 10.1. The molecule has 2 aliphatic rings. The Kier molecular flexibility index (Phi) is 4.53. The third-order valence-electron chi connectivity index (χ3n) is 5.07. The molecule has 1 saturated heterocycles. The maximum Gasteiger partial charge on any atom is 0.266 e. The molecule has 0 bridgehead atoms. The summed E-state index contributed by atoms with van der Waals surface area (Å²) in [5.41, 5.74) is 2.07. The highest BCUT2D eigenvalue weighted by molar-refractivity contribution is 7.17. The van der Waals surface area contributed by atoms with Gasteiger partial charge in [0, 0.05) is 19.2 Å². The van der Waals surface area contributed by atoms with Crippen molar-refractivity contribution < 1.29 is 9.53 Å². The number of nitriles is 2. The van der Waals surface area contributed by atoms with Crippen molar-refractivity contribution in [2.75, 3.05) is 20.3 Å². The molecule has 0 radical (unpaired) electrons. The second-order valence-electron chi connectivity index (χ2n) is 6.64. The summed E-state index contributed by atoms with van der Waals surface area (Å²) < 4.78 is 5.20. The van der Waals surface area contributed by atoms with Crippen LogP contribution < -0.4 is 0 Å². The summed E-state index contributed by atoms with van der Waals surface area (Å²) in [4.78, 5) is 21.7. The van der Waals surface area contributed by atoms with Crippen LogP contribution in [0.1, 0.15) is 27.3 Å². The highest BCUT2D eigenvalue weighted by Gasteiger charge is 2.42. The quantitative estimate of drug-likeness (QED) is 0.756. The van der Waals surface area contributed by atoms with Crippen molar-refractivity contribution in [2.24, 2.45) is 0 Å². The van der Waals surface area contributed by atoms with Crippen molar-refractivity contribution in [1.29, 1.82) is 10.5 Å². The molecule has 0 aliphatic carbocycles. The average Bonchev–Trinajstić information content (AvgIpc) is 3.36. The molecule has 0 N–H and O–H groups in total. The summed E-state index contributed by atoms with van der Waals surface area (Å²) in [7, 11) is 1.62. The monoisotopic (exact) mass is 379 g/mol. The van der Waals surface area contributed by atoms with Crippen LogP contribution in [0.25, 0.3) is 10.6 Å². The molecule has 0 saturated carbocycles. The van der Waals surface area contributed by atoms with Crippen molar-refractivity contribution in [2.45, 2.75) is 25.0 Å². The van der Waals surface area contributed by atoms with Crippen LogP contribution in [0.15, 0.2) is 24.3 Å². The number of likely N-dealkylation sites (tertiary alicyclic amines) is 1. The summed E-state index contributed by atoms with van der Waals surface area (Å²) in [6.07, 6.45) is 2.91.